The van der Waals surface area contributed by atoms with Crippen LogP contribution in [0.25, 0.3) is 0 Å². The van der Waals surface area contributed by atoms with Gasteiger partial charge in [-0.1, -0.05) is 6.92 Å². The molecular formula is C13H22O3. The fourth-order valence-corrected chi connectivity index (χ4v) is 3.19. The second-order valence-corrected chi connectivity index (χ2v) is 5.56. The third kappa shape index (κ3) is 2.46. The van der Waals surface area contributed by atoms with Gasteiger partial charge < -0.3 is 9.47 Å². The minimum absolute atomic E-state index is 0.295. The van der Waals surface area contributed by atoms with Gasteiger partial charge in [0.25, 0.3) is 0 Å². The van der Waals surface area contributed by atoms with Crippen molar-refractivity contribution in [1.82, 2.24) is 0 Å². The highest BCUT2D eigenvalue weighted by Crippen LogP contribution is 2.49. The molecule has 0 bridgehead atoms. The number of hydrogen-bond donors (Lipinski definition) is 0. The molecule has 2 fully saturated rings. The van der Waals surface area contributed by atoms with Gasteiger partial charge in [-0.25, -0.2) is 0 Å². The Morgan fingerprint density at radius 3 is 3.00 bits per heavy atom. The van der Waals surface area contributed by atoms with E-state index in [0.717, 1.165) is 32.1 Å². The molecule has 2 saturated carbocycles. The van der Waals surface area contributed by atoms with Crippen LogP contribution in [-0.4, -0.2) is 25.8 Å². The molecule has 16 heavy (non-hydrogen) atoms. The van der Waals surface area contributed by atoms with Gasteiger partial charge in [0, 0.05) is 20.0 Å². The lowest BCUT2D eigenvalue weighted by atomic mass is 9.60. The molecule has 2 aliphatic rings. The van der Waals surface area contributed by atoms with Gasteiger partial charge >= 0.3 is 0 Å². The normalized spacial score (nSPS) is 39.5. The molecule has 3 nitrogen and oxygen atoms in total. The molecule has 2 aliphatic carbocycles. The van der Waals surface area contributed by atoms with E-state index in [1.807, 2.05) is 0 Å². The molecule has 0 unspecified atom stereocenters. The maximum absolute atomic E-state index is 11.5. The molecule has 0 aromatic rings. The minimum Gasteiger partial charge on any atom is -0.359 e. The van der Waals surface area contributed by atoms with E-state index in [4.69, 9.17) is 9.47 Å². The van der Waals surface area contributed by atoms with Crippen LogP contribution >= 0.6 is 0 Å². The first kappa shape index (κ1) is 12.1. The summed E-state index contributed by atoms with van der Waals surface area (Å²) in [7, 11) is 1.65. The number of carbonyl (C=O) groups is 1. The average Bonchev–Trinajstić information content (AvgIpc) is 2.27. The van der Waals surface area contributed by atoms with Gasteiger partial charge in [0.15, 0.2) is 0 Å². The van der Waals surface area contributed by atoms with Crippen molar-refractivity contribution in [2.45, 2.75) is 51.6 Å². The Balaban J connectivity index is 1.93. The zero-order valence-electron chi connectivity index (χ0n) is 10.3. The zero-order chi connectivity index (χ0) is 11.6. The Bertz CT molecular complexity index is 264. The van der Waals surface area contributed by atoms with E-state index in [1.165, 1.54) is 6.42 Å². The Hall–Kier alpha value is -0.410. The van der Waals surface area contributed by atoms with Gasteiger partial charge in [0.1, 0.15) is 12.6 Å². The van der Waals surface area contributed by atoms with E-state index in [2.05, 4.69) is 6.92 Å². The summed E-state index contributed by atoms with van der Waals surface area (Å²) in [4.78, 5) is 11.5. The lowest BCUT2D eigenvalue weighted by Crippen LogP contribution is -2.41. The molecule has 0 heterocycles. The van der Waals surface area contributed by atoms with E-state index >= 15 is 0 Å². The van der Waals surface area contributed by atoms with Crippen LogP contribution < -0.4 is 0 Å². The monoisotopic (exact) mass is 226 g/mol. The molecule has 0 aromatic carbocycles. The molecule has 0 saturated heterocycles. The maximum atomic E-state index is 11.5. The highest BCUT2D eigenvalue weighted by molar-refractivity contribution is 5.79. The summed E-state index contributed by atoms with van der Waals surface area (Å²) in [6, 6.07) is 0. The standard InChI is InChI=1S/C13H22O3/c1-13-5-3-11(14)7-10(13)8-12(4-6-13)16-9-15-2/h10,12H,3-9H2,1-2H3/t10-,12-,13-/m1/s1. The molecule has 2 rings (SSSR count). The highest BCUT2D eigenvalue weighted by atomic mass is 16.7. The fourth-order valence-electron chi connectivity index (χ4n) is 3.19. The number of Topliss-reactive ketones (excluding diaryl/α,β-unsaturated/α-hetero) is 1. The second kappa shape index (κ2) is 4.84. The number of ether oxygens (including phenoxy) is 2. The first-order chi connectivity index (χ1) is 7.64. The van der Waals surface area contributed by atoms with Crippen LogP contribution in [0, 0.1) is 11.3 Å². The van der Waals surface area contributed by atoms with Gasteiger partial charge in [0.05, 0.1) is 6.10 Å². The average molecular weight is 226 g/mol. The number of hydrogen-bond acceptors (Lipinski definition) is 3. The Morgan fingerprint density at radius 2 is 2.25 bits per heavy atom. The van der Waals surface area contributed by atoms with Crippen molar-refractivity contribution in [3.63, 3.8) is 0 Å². The highest BCUT2D eigenvalue weighted by Gasteiger charge is 2.43. The van der Waals surface area contributed by atoms with Crippen LogP contribution in [0.1, 0.15) is 45.4 Å². The summed E-state index contributed by atoms with van der Waals surface area (Å²) >= 11 is 0. The largest absolute Gasteiger partial charge is 0.359 e. The summed E-state index contributed by atoms with van der Waals surface area (Å²) in [5, 5.41) is 0. The summed E-state index contributed by atoms with van der Waals surface area (Å²) in [5.74, 6) is 0.972. The van der Waals surface area contributed by atoms with Crippen molar-refractivity contribution in [2.24, 2.45) is 11.3 Å². The summed E-state index contributed by atoms with van der Waals surface area (Å²) < 4.78 is 10.6. The van der Waals surface area contributed by atoms with Crippen molar-refractivity contribution >= 4 is 5.78 Å². The van der Waals surface area contributed by atoms with E-state index in [9.17, 15) is 4.79 Å². The topological polar surface area (TPSA) is 35.5 Å². The first-order valence-corrected chi connectivity index (χ1v) is 6.26. The Labute approximate surface area is 97.5 Å². The molecule has 3 atom stereocenters. The fraction of sp³-hybridized carbons (Fsp3) is 0.923. The Morgan fingerprint density at radius 1 is 1.44 bits per heavy atom. The van der Waals surface area contributed by atoms with Gasteiger partial charge in [-0.15, -0.1) is 0 Å². The van der Waals surface area contributed by atoms with Gasteiger partial charge in [-0.2, -0.15) is 0 Å². The van der Waals surface area contributed by atoms with Crippen LogP contribution in [0.15, 0.2) is 0 Å². The molecule has 0 aliphatic heterocycles. The van der Waals surface area contributed by atoms with E-state index in [0.29, 0.717) is 30.0 Å². The number of carbonyl (C=O) groups excluding carboxylic acids is 1. The smallest absolute Gasteiger partial charge is 0.146 e. The van der Waals surface area contributed by atoms with Crippen LogP contribution in [-0.2, 0) is 14.3 Å². The predicted molar refractivity (Wildman–Crippen MR) is 61.1 cm³/mol. The Kier molecular flexibility index (Phi) is 3.65. The predicted octanol–water partition coefficient (Wildman–Crippen LogP) is 2.53. The molecular weight excluding hydrogens is 204 g/mol. The minimum atomic E-state index is 0.295. The van der Waals surface area contributed by atoms with Crippen LogP contribution in [0.5, 0.6) is 0 Å². The number of methoxy groups -OCH3 is 1. The lowest BCUT2D eigenvalue weighted by Gasteiger charge is -2.46. The molecule has 0 amide bonds. The number of rotatable bonds is 3. The van der Waals surface area contributed by atoms with Crippen LogP contribution in [0.4, 0.5) is 0 Å². The molecule has 92 valence electrons. The zero-order valence-corrected chi connectivity index (χ0v) is 10.3. The van der Waals surface area contributed by atoms with E-state index in [-0.39, 0.29) is 0 Å². The van der Waals surface area contributed by atoms with Gasteiger partial charge in [-0.05, 0) is 37.0 Å². The molecule has 0 N–H and O–H groups in total. The third-order valence-corrected chi connectivity index (χ3v) is 4.44. The third-order valence-electron chi connectivity index (χ3n) is 4.44. The number of ketones is 1. The van der Waals surface area contributed by atoms with Crippen molar-refractivity contribution in [3.05, 3.63) is 0 Å². The van der Waals surface area contributed by atoms with Crippen molar-refractivity contribution < 1.29 is 14.3 Å². The van der Waals surface area contributed by atoms with Crippen molar-refractivity contribution in [2.75, 3.05) is 13.9 Å². The maximum Gasteiger partial charge on any atom is 0.146 e. The summed E-state index contributed by atoms with van der Waals surface area (Å²) in [5.41, 5.74) is 0.390. The SMILES string of the molecule is COCO[C@@H]1CC[C@@]2(C)CCC(=O)C[C@@H]2C1. The molecule has 0 spiro atoms. The molecule has 3 heteroatoms. The summed E-state index contributed by atoms with van der Waals surface area (Å²) in [6.45, 7) is 2.72. The van der Waals surface area contributed by atoms with E-state index < -0.39 is 0 Å². The quantitative estimate of drug-likeness (QED) is 0.694. The second-order valence-electron chi connectivity index (χ2n) is 5.56. The lowest BCUT2D eigenvalue weighted by molar-refractivity contribution is -0.133. The van der Waals surface area contributed by atoms with Crippen molar-refractivity contribution in [3.8, 4) is 0 Å². The molecule has 0 aromatic heterocycles. The number of fused-ring (bicyclic) bond motifs is 1. The summed E-state index contributed by atoms with van der Waals surface area (Å²) in [6.07, 6.45) is 6.27. The van der Waals surface area contributed by atoms with Gasteiger partial charge in [-0.3, -0.25) is 4.79 Å². The van der Waals surface area contributed by atoms with Gasteiger partial charge in [0.2, 0.25) is 0 Å². The molecule has 0 radical (unpaired) electrons. The van der Waals surface area contributed by atoms with E-state index in [1.54, 1.807) is 7.11 Å². The first-order valence-electron chi connectivity index (χ1n) is 6.26. The van der Waals surface area contributed by atoms with Crippen LogP contribution in [0.3, 0.4) is 0 Å². The van der Waals surface area contributed by atoms with Crippen LogP contribution in [0.2, 0.25) is 0 Å². The van der Waals surface area contributed by atoms with Crippen molar-refractivity contribution in [1.29, 1.82) is 0 Å².